The van der Waals surface area contributed by atoms with Gasteiger partial charge in [0.25, 0.3) is 5.56 Å². The number of piperidine rings is 1. The zero-order chi connectivity index (χ0) is 21.6. The number of nitrogens with one attached hydrogen (secondary N) is 1. The summed E-state index contributed by atoms with van der Waals surface area (Å²) in [6, 6.07) is 0.167. The van der Waals surface area contributed by atoms with Crippen molar-refractivity contribution in [1.82, 2.24) is 14.9 Å². The van der Waals surface area contributed by atoms with Crippen LogP contribution in [-0.4, -0.2) is 59.3 Å². The van der Waals surface area contributed by atoms with Gasteiger partial charge in [-0.15, -0.1) is 0 Å². The zero-order valence-electron chi connectivity index (χ0n) is 19.7. The van der Waals surface area contributed by atoms with E-state index in [0.29, 0.717) is 12.3 Å². The molecule has 2 fully saturated rings. The van der Waals surface area contributed by atoms with Gasteiger partial charge in [-0.05, 0) is 58.0 Å². The van der Waals surface area contributed by atoms with Crippen LogP contribution in [0.3, 0.4) is 0 Å². The summed E-state index contributed by atoms with van der Waals surface area (Å²) in [4.78, 5) is 31.2. The molecule has 0 amide bonds. The van der Waals surface area contributed by atoms with Gasteiger partial charge >= 0.3 is 0 Å². The Balaban J connectivity index is 1.59. The predicted molar refractivity (Wildman–Crippen MR) is 129 cm³/mol. The minimum atomic E-state index is 0.0435. The number of aromatic nitrogens is 2. The number of likely N-dealkylation sites (tertiary alicyclic amines) is 1. The maximum atomic E-state index is 13.1. The summed E-state index contributed by atoms with van der Waals surface area (Å²) in [5, 5.41) is 0. The SMILES string of the molecule is CCCC1=NC(C)Cc2c1nc(N(CCN1CCCCC1)CC1CCCCC1)[nH]c2=O. The van der Waals surface area contributed by atoms with Crippen LogP contribution in [0, 0.1) is 5.92 Å². The standard InChI is InChI=1S/C25H41N5O/c1-3-10-22-23-21(17-19(2)26-22)24(31)28-25(27-23)30(18-20-11-6-4-7-12-20)16-15-29-13-8-5-9-14-29/h19-20H,3-18H2,1-2H3,(H,27,28,31). The monoisotopic (exact) mass is 427 g/mol. The Morgan fingerprint density at radius 1 is 1.10 bits per heavy atom. The fourth-order valence-electron chi connectivity index (χ4n) is 5.56. The Bertz CT molecular complexity index is 805. The van der Waals surface area contributed by atoms with Gasteiger partial charge in [0.2, 0.25) is 5.95 Å². The first-order valence-corrected chi connectivity index (χ1v) is 12.8. The van der Waals surface area contributed by atoms with Crippen LogP contribution in [0.5, 0.6) is 0 Å². The lowest BCUT2D eigenvalue weighted by Gasteiger charge is -2.34. The third kappa shape index (κ3) is 5.76. The Morgan fingerprint density at radius 3 is 2.58 bits per heavy atom. The van der Waals surface area contributed by atoms with Crippen LogP contribution in [-0.2, 0) is 6.42 Å². The molecule has 0 aromatic carbocycles. The van der Waals surface area contributed by atoms with Crippen molar-refractivity contribution in [2.24, 2.45) is 10.9 Å². The minimum absolute atomic E-state index is 0.0435. The average Bonchev–Trinajstić information content (AvgIpc) is 2.79. The molecule has 1 aromatic heterocycles. The maximum absolute atomic E-state index is 13.1. The molecule has 1 unspecified atom stereocenters. The first-order valence-electron chi connectivity index (χ1n) is 12.8. The molecule has 1 saturated heterocycles. The summed E-state index contributed by atoms with van der Waals surface area (Å²) < 4.78 is 0. The fourth-order valence-corrected chi connectivity index (χ4v) is 5.56. The zero-order valence-corrected chi connectivity index (χ0v) is 19.7. The van der Waals surface area contributed by atoms with Gasteiger partial charge < -0.3 is 9.80 Å². The molecule has 6 nitrogen and oxygen atoms in total. The van der Waals surface area contributed by atoms with Crippen LogP contribution in [0.4, 0.5) is 5.95 Å². The third-order valence-corrected chi connectivity index (χ3v) is 7.28. The second kappa shape index (κ2) is 10.8. The van der Waals surface area contributed by atoms with Gasteiger partial charge in [-0.1, -0.05) is 39.0 Å². The molecule has 1 aliphatic carbocycles. The second-order valence-electron chi connectivity index (χ2n) is 9.95. The van der Waals surface area contributed by atoms with Gasteiger partial charge in [-0.2, -0.15) is 0 Å². The minimum Gasteiger partial charge on any atom is -0.341 e. The van der Waals surface area contributed by atoms with E-state index in [1.165, 1.54) is 64.5 Å². The number of hydrogen-bond donors (Lipinski definition) is 1. The topological polar surface area (TPSA) is 64.6 Å². The summed E-state index contributed by atoms with van der Waals surface area (Å²) >= 11 is 0. The van der Waals surface area contributed by atoms with Crippen molar-refractivity contribution < 1.29 is 0 Å². The highest BCUT2D eigenvalue weighted by atomic mass is 16.1. The Labute approximate surface area is 187 Å². The smallest absolute Gasteiger partial charge is 0.256 e. The van der Waals surface area contributed by atoms with E-state index in [-0.39, 0.29) is 11.6 Å². The number of rotatable bonds is 8. The summed E-state index contributed by atoms with van der Waals surface area (Å²) in [6.45, 7) is 9.68. The van der Waals surface area contributed by atoms with Crippen LogP contribution >= 0.6 is 0 Å². The number of hydrogen-bond acceptors (Lipinski definition) is 5. The molecule has 6 heteroatoms. The third-order valence-electron chi connectivity index (χ3n) is 7.28. The molecule has 0 spiro atoms. The number of H-pyrrole nitrogens is 1. The van der Waals surface area contributed by atoms with E-state index in [9.17, 15) is 4.79 Å². The largest absolute Gasteiger partial charge is 0.341 e. The van der Waals surface area contributed by atoms with Crippen molar-refractivity contribution >= 4 is 11.7 Å². The van der Waals surface area contributed by atoms with E-state index in [1.54, 1.807) is 0 Å². The fraction of sp³-hybridized carbons (Fsp3) is 0.800. The van der Waals surface area contributed by atoms with Crippen molar-refractivity contribution in [2.75, 3.05) is 37.6 Å². The number of fused-ring (bicyclic) bond motifs is 1. The molecule has 1 aromatic rings. The normalized spacial score (nSPS) is 22.8. The summed E-state index contributed by atoms with van der Waals surface area (Å²) in [5.41, 5.74) is 2.77. The van der Waals surface area contributed by atoms with Crippen LogP contribution in [0.25, 0.3) is 0 Å². The van der Waals surface area contributed by atoms with E-state index in [0.717, 1.165) is 55.4 Å². The molecule has 0 bridgehead atoms. The summed E-state index contributed by atoms with van der Waals surface area (Å²) in [6.07, 6.45) is 13.2. The first-order chi connectivity index (χ1) is 15.1. The van der Waals surface area contributed by atoms with Gasteiger partial charge in [0.15, 0.2) is 0 Å². The van der Waals surface area contributed by atoms with Gasteiger partial charge in [-0.3, -0.25) is 14.8 Å². The van der Waals surface area contributed by atoms with E-state index < -0.39 is 0 Å². The van der Waals surface area contributed by atoms with Crippen molar-refractivity contribution in [3.8, 4) is 0 Å². The highest BCUT2D eigenvalue weighted by Gasteiger charge is 2.26. The average molecular weight is 428 g/mol. The number of anilines is 1. The molecule has 1 saturated carbocycles. The molecule has 0 radical (unpaired) electrons. The highest BCUT2D eigenvalue weighted by molar-refractivity contribution is 6.01. The number of aromatic amines is 1. The molecule has 1 atom stereocenters. The van der Waals surface area contributed by atoms with Crippen LogP contribution in [0.1, 0.15) is 89.3 Å². The molecule has 4 rings (SSSR count). The number of nitrogens with zero attached hydrogens (tertiary/aromatic N) is 4. The summed E-state index contributed by atoms with van der Waals surface area (Å²) in [7, 11) is 0. The van der Waals surface area contributed by atoms with Crippen molar-refractivity contribution in [3.63, 3.8) is 0 Å². The summed E-state index contributed by atoms with van der Waals surface area (Å²) in [5.74, 6) is 1.48. The van der Waals surface area contributed by atoms with Crippen LogP contribution in [0.2, 0.25) is 0 Å². The van der Waals surface area contributed by atoms with E-state index in [2.05, 4.69) is 28.6 Å². The molecular formula is C25H41N5O. The molecule has 3 aliphatic rings. The predicted octanol–water partition coefficient (Wildman–Crippen LogP) is 4.18. The maximum Gasteiger partial charge on any atom is 0.256 e. The lowest BCUT2D eigenvalue weighted by atomic mass is 9.89. The van der Waals surface area contributed by atoms with Gasteiger partial charge in [0, 0.05) is 31.6 Å². The molecule has 31 heavy (non-hydrogen) atoms. The molecule has 1 N–H and O–H groups in total. The van der Waals surface area contributed by atoms with Gasteiger partial charge in [0.1, 0.15) is 0 Å². The van der Waals surface area contributed by atoms with E-state index in [1.807, 2.05) is 0 Å². The van der Waals surface area contributed by atoms with Gasteiger partial charge in [-0.25, -0.2) is 4.98 Å². The van der Waals surface area contributed by atoms with Crippen LogP contribution < -0.4 is 10.5 Å². The second-order valence-corrected chi connectivity index (χ2v) is 9.95. The molecule has 172 valence electrons. The van der Waals surface area contributed by atoms with Crippen molar-refractivity contribution in [2.45, 2.75) is 90.5 Å². The lowest BCUT2D eigenvalue weighted by Crippen LogP contribution is -2.42. The van der Waals surface area contributed by atoms with Crippen LogP contribution in [0.15, 0.2) is 9.79 Å². The van der Waals surface area contributed by atoms with E-state index >= 15 is 0 Å². The lowest BCUT2D eigenvalue weighted by molar-refractivity contribution is 0.231. The van der Waals surface area contributed by atoms with E-state index in [4.69, 9.17) is 9.98 Å². The van der Waals surface area contributed by atoms with Crippen molar-refractivity contribution in [3.05, 3.63) is 21.6 Å². The first kappa shape index (κ1) is 22.5. The molecular weight excluding hydrogens is 386 g/mol. The molecule has 2 aliphatic heterocycles. The Hall–Kier alpha value is -1.69. The quantitative estimate of drug-likeness (QED) is 0.676. The Morgan fingerprint density at radius 2 is 1.84 bits per heavy atom. The highest BCUT2D eigenvalue weighted by Crippen LogP contribution is 2.26. The molecule has 3 heterocycles. The Kier molecular flexibility index (Phi) is 7.81. The number of aliphatic imine (C=N–C) groups is 1. The van der Waals surface area contributed by atoms with Crippen molar-refractivity contribution in [1.29, 1.82) is 0 Å². The van der Waals surface area contributed by atoms with Gasteiger partial charge in [0.05, 0.1) is 17.4 Å².